The summed E-state index contributed by atoms with van der Waals surface area (Å²) in [6, 6.07) is 5.79. The Labute approximate surface area is 114 Å². The van der Waals surface area contributed by atoms with Crippen LogP contribution in [0, 0.1) is 0 Å². The van der Waals surface area contributed by atoms with E-state index < -0.39 is 0 Å². The van der Waals surface area contributed by atoms with Crippen molar-refractivity contribution in [3.63, 3.8) is 0 Å². The van der Waals surface area contributed by atoms with Gasteiger partial charge in [0.15, 0.2) is 0 Å². The summed E-state index contributed by atoms with van der Waals surface area (Å²) in [5.74, 6) is 0.201. The van der Waals surface area contributed by atoms with Crippen molar-refractivity contribution >= 4 is 17.3 Å². The van der Waals surface area contributed by atoms with E-state index in [4.69, 9.17) is 11.5 Å². The molecule has 0 saturated carbocycles. The number of fused-ring (bicyclic) bond motifs is 1. The molecule has 0 atom stereocenters. The predicted molar refractivity (Wildman–Crippen MR) is 79.0 cm³/mol. The molecular weight excluding hydrogens is 238 g/mol. The molecule has 2 rings (SSSR count). The number of anilines is 2. The normalized spacial score (nSPS) is 15.5. The van der Waals surface area contributed by atoms with E-state index in [-0.39, 0.29) is 11.4 Å². The van der Waals surface area contributed by atoms with E-state index in [1.54, 1.807) is 0 Å². The maximum atomic E-state index is 12.1. The van der Waals surface area contributed by atoms with Crippen LogP contribution >= 0.6 is 0 Å². The molecule has 0 saturated heterocycles. The molecule has 0 aromatic heterocycles. The Morgan fingerprint density at radius 3 is 2.74 bits per heavy atom. The molecule has 1 aliphatic rings. The molecule has 0 bridgehead atoms. The van der Waals surface area contributed by atoms with Gasteiger partial charge in [0.25, 0.3) is 0 Å². The van der Waals surface area contributed by atoms with E-state index in [9.17, 15) is 4.79 Å². The first-order valence-corrected chi connectivity index (χ1v) is 6.84. The van der Waals surface area contributed by atoms with Crippen LogP contribution in [0.4, 0.5) is 11.4 Å². The van der Waals surface area contributed by atoms with Crippen molar-refractivity contribution in [2.75, 3.05) is 17.2 Å². The monoisotopic (exact) mass is 261 g/mol. The highest BCUT2D eigenvalue weighted by Crippen LogP contribution is 2.29. The zero-order chi connectivity index (χ0) is 14.0. The number of nitrogen functional groups attached to an aromatic ring is 1. The van der Waals surface area contributed by atoms with Crippen LogP contribution in [0.3, 0.4) is 0 Å². The Kier molecular flexibility index (Phi) is 3.80. The van der Waals surface area contributed by atoms with Crippen molar-refractivity contribution in [3.8, 4) is 0 Å². The van der Waals surface area contributed by atoms with Gasteiger partial charge in [0, 0.05) is 29.9 Å². The number of aryl methyl sites for hydroxylation is 1. The number of carbonyl (C=O) groups excluding carboxylic acids is 1. The quantitative estimate of drug-likeness (QED) is 0.815. The lowest BCUT2D eigenvalue weighted by Gasteiger charge is -2.30. The second kappa shape index (κ2) is 5.21. The van der Waals surface area contributed by atoms with Gasteiger partial charge in [0.2, 0.25) is 5.91 Å². The van der Waals surface area contributed by atoms with Crippen molar-refractivity contribution in [1.29, 1.82) is 0 Å². The van der Waals surface area contributed by atoms with Gasteiger partial charge >= 0.3 is 0 Å². The van der Waals surface area contributed by atoms with Gasteiger partial charge in [-0.3, -0.25) is 4.79 Å². The number of nitrogens with two attached hydrogens (primary N) is 2. The number of rotatable bonds is 4. The lowest BCUT2D eigenvalue weighted by Crippen LogP contribution is -2.38. The zero-order valence-corrected chi connectivity index (χ0v) is 11.8. The number of carbonyl (C=O) groups is 1. The molecule has 1 aromatic carbocycles. The summed E-state index contributed by atoms with van der Waals surface area (Å²) >= 11 is 0. The molecule has 1 aliphatic heterocycles. The summed E-state index contributed by atoms with van der Waals surface area (Å²) < 4.78 is 0. The van der Waals surface area contributed by atoms with Crippen LogP contribution < -0.4 is 16.4 Å². The van der Waals surface area contributed by atoms with Gasteiger partial charge in [0.1, 0.15) is 0 Å². The molecule has 1 amide bonds. The van der Waals surface area contributed by atoms with E-state index in [0.29, 0.717) is 6.42 Å². The molecular formula is C15H23N3O. The smallest absolute Gasteiger partial charge is 0.227 e. The molecule has 0 radical (unpaired) electrons. The summed E-state index contributed by atoms with van der Waals surface area (Å²) in [5.41, 5.74) is 14.5. The van der Waals surface area contributed by atoms with Crippen LogP contribution in [0.2, 0.25) is 0 Å². The largest absolute Gasteiger partial charge is 0.399 e. The average molecular weight is 261 g/mol. The second-order valence-electron chi connectivity index (χ2n) is 6.03. The van der Waals surface area contributed by atoms with Crippen molar-refractivity contribution in [3.05, 3.63) is 23.8 Å². The first-order valence-electron chi connectivity index (χ1n) is 6.84. The molecule has 0 spiro atoms. The standard InChI is InChI=1S/C15H23N3O/c1-15(2,17)8-3-9-18-13-6-5-12(16)10-11(13)4-7-14(18)19/h5-6,10H,3-4,7-9,16-17H2,1-2H3. The maximum Gasteiger partial charge on any atom is 0.227 e. The summed E-state index contributed by atoms with van der Waals surface area (Å²) in [5, 5.41) is 0. The van der Waals surface area contributed by atoms with E-state index in [2.05, 4.69) is 0 Å². The van der Waals surface area contributed by atoms with Crippen LogP contribution in [0.5, 0.6) is 0 Å². The lowest BCUT2D eigenvalue weighted by molar-refractivity contribution is -0.118. The van der Waals surface area contributed by atoms with Gasteiger partial charge in [-0.2, -0.15) is 0 Å². The number of amides is 1. The first-order chi connectivity index (χ1) is 8.87. The summed E-state index contributed by atoms with van der Waals surface area (Å²) in [6.07, 6.45) is 3.18. The fourth-order valence-corrected chi connectivity index (χ4v) is 2.52. The van der Waals surface area contributed by atoms with E-state index >= 15 is 0 Å². The molecule has 4 heteroatoms. The molecule has 4 N–H and O–H groups in total. The van der Waals surface area contributed by atoms with E-state index in [1.165, 1.54) is 5.56 Å². The highest BCUT2D eigenvalue weighted by molar-refractivity contribution is 5.96. The average Bonchev–Trinajstić information content (AvgIpc) is 2.30. The molecule has 1 heterocycles. The summed E-state index contributed by atoms with van der Waals surface area (Å²) in [7, 11) is 0. The summed E-state index contributed by atoms with van der Waals surface area (Å²) in [4.78, 5) is 13.9. The Bertz CT molecular complexity index is 477. The number of nitrogens with zero attached hydrogens (tertiary/aromatic N) is 1. The summed E-state index contributed by atoms with van der Waals surface area (Å²) in [6.45, 7) is 4.76. The van der Waals surface area contributed by atoms with Gasteiger partial charge < -0.3 is 16.4 Å². The minimum Gasteiger partial charge on any atom is -0.399 e. The Hall–Kier alpha value is -1.55. The van der Waals surface area contributed by atoms with Gasteiger partial charge in [0.05, 0.1) is 0 Å². The highest BCUT2D eigenvalue weighted by Gasteiger charge is 2.24. The molecule has 4 nitrogen and oxygen atoms in total. The van der Waals surface area contributed by atoms with Crippen molar-refractivity contribution in [2.24, 2.45) is 5.73 Å². The zero-order valence-electron chi connectivity index (χ0n) is 11.8. The number of benzene rings is 1. The molecule has 104 valence electrons. The lowest BCUT2D eigenvalue weighted by atomic mass is 9.97. The molecule has 1 aromatic rings. The SMILES string of the molecule is CC(C)(N)CCCN1C(=O)CCc2cc(N)ccc21. The van der Waals surface area contributed by atoms with Crippen LogP contribution in [-0.2, 0) is 11.2 Å². The van der Waals surface area contributed by atoms with E-state index in [1.807, 2.05) is 36.9 Å². The third-order valence-corrected chi connectivity index (χ3v) is 3.51. The van der Waals surface area contributed by atoms with Gasteiger partial charge in [-0.05, 0) is 56.9 Å². The Balaban J connectivity index is 2.10. The predicted octanol–water partition coefficient (Wildman–Crippen LogP) is 2.07. The maximum absolute atomic E-state index is 12.1. The highest BCUT2D eigenvalue weighted by atomic mass is 16.2. The topological polar surface area (TPSA) is 72.3 Å². The van der Waals surface area contributed by atoms with Crippen molar-refractivity contribution in [1.82, 2.24) is 0 Å². The second-order valence-corrected chi connectivity index (χ2v) is 6.03. The van der Waals surface area contributed by atoms with Crippen LogP contribution in [0.1, 0.15) is 38.7 Å². The molecule has 0 aliphatic carbocycles. The number of hydrogen-bond donors (Lipinski definition) is 2. The van der Waals surface area contributed by atoms with E-state index in [0.717, 1.165) is 37.2 Å². The molecule has 0 fully saturated rings. The van der Waals surface area contributed by atoms with Crippen LogP contribution in [0.15, 0.2) is 18.2 Å². The van der Waals surface area contributed by atoms with Gasteiger partial charge in [-0.1, -0.05) is 0 Å². The van der Waals surface area contributed by atoms with Gasteiger partial charge in [-0.25, -0.2) is 0 Å². The number of hydrogen-bond acceptors (Lipinski definition) is 3. The molecule has 0 unspecified atom stereocenters. The Morgan fingerprint density at radius 1 is 1.32 bits per heavy atom. The van der Waals surface area contributed by atoms with Crippen LogP contribution in [0.25, 0.3) is 0 Å². The molecule has 19 heavy (non-hydrogen) atoms. The minimum absolute atomic E-state index is 0.178. The van der Waals surface area contributed by atoms with Crippen LogP contribution in [-0.4, -0.2) is 18.0 Å². The third kappa shape index (κ3) is 3.47. The minimum atomic E-state index is -0.178. The van der Waals surface area contributed by atoms with Gasteiger partial charge in [-0.15, -0.1) is 0 Å². The third-order valence-electron chi connectivity index (χ3n) is 3.51. The van der Waals surface area contributed by atoms with Crippen molar-refractivity contribution in [2.45, 2.75) is 45.1 Å². The van der Waals surface area contributed by atoms with Crippen molar-refractivity contribution < 1.29 is 4.79 Å². The Morgan fingerprint density at radius 2 is 2.05 bits per heavy atom. The fraction of sp³-hybridized carbons (Fsp3) is 0.533. The fourth-order valence-electron chi connectivity index (χ4n) is 2.52. The first kappa shape index (κ1) is 13.9.